The number of rotatable bonds is 6. The Balaban J connectivity index is 1.79. The summed E-state index contributed by atoms with van der Waals surface area (Å²) in [6.07, 6.45) is 0.719. The first kappa shape index (κ1) is 16.9. The Morgan fingerprint density at radius 3 is 2.12 bits per heavy atom. The largest absolute Gasteiger partial charge is 0.348 e. The molecule has 3 heteroatoms. The van der Waals surface area contributed by atoms with Gasteiger partial charge in [0, 0.05) is 18.2 Å². The van der Waals surface area contributed by atoms with E-state index in [4.69, 9.17) is 5.73 Å². The number of benzene rings is 3. The molecule has 3 aromatic carbocycles. The van der Waals surface area contributed by atoms with Crippen molar-refractivity contribution in [1.29, 1.82) is 0 Å². The number of hydrogen-bond donors (Lipinski definition) is 2. The van der Waals surface area contributed by atoms with Crippen molar-refractivity contribution >= 4 is 5.91 Å². The number of hydrogen-bond acceptors (Lipinski definition) is 2. The first-order valence-corrected chi connectivity index (χ1v) is 8.47. The van der Waals surface area contributed by atoms with E-state index in [2.05, 4.69) is 5.32 Å². The summed E-state index contributed by atoms with van der Waals surface area (Å²) >= 11 is 0. The van der Waals surface area contributed by atoms with Gasteiger partial charge in [-0.3, -0.25) is 4.79 Å². The van der Waals surface area contributed by atoms with Gasteiger partial charge in [0.1, 0.15) is 0 Å². The van der Waals surface area contributed by atoms with Gasteiger partial charge in [0.05, 0.1) is 0 Å². The van der Waals surface area contributed by atoms with Crippen LogP contribution in [0.25, 0.3) is 11.1 Å². The first-order valence-electron chi connectivity index (χ1n) is 8.47. The molecule has 3 aromatic rings. The molecule has 0 aliphatic carbocycles. The van der Waals surface area contributed by atoms with Gasteiger partial charge < -0.3 is 11.1 Å². The fourth-order valence-corrected chi connectivity index (χ4v) is 2.91. The molecule has 0 saturated heterocycles. The summed E-state index contributed by atoms with van der Waals surface area (Å²) in [7, 11) is 0. The fourth-order valence-electron chi connectivity index (χ4n) is 2.91. The van der Waals surface area contributed by atoms with E-state index in [1.54, 1.807) is 0 Å². The maximum atomic E-state index is 12.8. The summed E-state index contributed by atoms with van der Waals surface area (Å²) < 4.78 is 0. The third-order valence-electron chi connectivity index (χ3n) is 4.20. The minimum atomic E-state index is -0.0984. The quantitative estimate of drug-likeness (QED) is 0.725. The van der Waals surface area contributed by atoms with Crippen molar-refractivity contribution in [2.45, 2.75) is 12.5 Å². The van der Waals surface area contributed by atoms with Gasteiger partial charge in [-0.15, -0.1) is 0 Å². The van der Waals surface area contributed by atoms with Crippen molar-refractivity contribution in [3.8, 4) is 11.1 Å². The molecule has 3 rings (SSSR count). The smallest absolute Gasteiger partial charge is 0.252 e. The second kappa shape index (κ2) is 8.27. The standard InChI is InChI=1S/C22H22N2O/c23-16-19(15-17-9-3-1-4-10-17)24-22(25)21-14-8-7-13-20(21)18-11-5-2-6-12-18/h1-14,19H,15-16,23H2,(H,24,25)/t19-/m0/s1. The molecular weight excluding hydrogens is 308 g/mol. The van der Waals surface area contributed by atoms with Crippen molar-refractivity contribution in [2.24, 2.45) is 5.73 Å². The van der Waals surface area contributed by atoms with Gasteiger partial charge in [-0.05, 0) is 29.2 Å². The van der Waals surface area contributed by atoms with E-state index >= 15 is 0 Å². The van der Waals surface area contributed by atoms with E-state index in [1.807, 2.05) is 84.9 Å². The van der Waals surface area contributed by atoms with Crippen molar-refractivity contribution in [2.75, 3.05) is 6.54 Å². The lowest BCUT2D eigenvalue weighted by molar-refractivity contribution is 0.0938. The SMILES string of the molecule is NC[C@H](Cc1ccccc1)NC(=O)c1ccccc1-c1ccccc1. The van der Waals surface area contributed by atoms with Crippen LogP contribution in [-0.2, 0) is 6.42 Å². The summed E-state index contributed by atoms with van der Waals surface area (Å²) in [6.45, 7) is 0.397. The number of carbonyl (C=O) groups is 1. The van der Waals surface area contributed by atoms with Gasteiger partial charge in [0.25, 0.3) is 5.91 Å². The summed E-state index contributed by atoms with van der Waals surface area (Å²) in [6, 6.07) is 27.6. The maximum Gasteiger partial charge on any atom is 0.252 e. The Morgan fingerprint density at radius 1 is 0.840 bits per heavy atom. The highest BCUT2D eigenvalue weighted by Gasteiger charge is 2.16. The molecule has 0 unspecified atom stereocenters. The zero-order valence-electron chi connectivity index (χ0n) is 14.1. The van der Waals surface area contributed by atoms with Crippen LogP contribution in [0.15, 0.2) is 84.9 Å². The molecule has 3 nitrogen and oxygen atoms in total. The highest BCUT2D eigenvalue weighted by molar-refractivity contribution is 6.01. The van der Waals surface area contributed by atoms with Gasteiger partial charge in [-0.25, -0.2) is 0 Å². The molecule has 0 fully saturated rings. The van der Waals surface area contributed by atoms with Crippen LogP contribution in [0, 0.1) is 0 Å². The highest BCUT2D eigenvalue weighted by atomic mass is 16.1. The van der Waals surface area contributed by atoms with Crippen LogP contribution in [0.2, 0.25) is 0 Å². The second-order valence-electron chi connectivity index (χ2n) is 6.01. The average Bonchev–Trinajstić information content (AvgIpc) is 2.69. The fraction of sp³-hybridized carbons (Fsp3) is 0.136. The number of nitrogens with one attached hydrogen (secondary N) is 1. The van der Waals surface area contributed by atoms with Crippen LogP contribution in [0.1, 0.15) is 15.9 Å². The minimum Gasteiger partial charge on any atom is -0.348 e. The predicted molar refractivity (Wildman–Crippen MR) is 102 cm³/mol. The van der Waals surface area contributed by atoms with E-state index in [0.717, 1.165) is 23.1 Å². The molecule has 0 spiro atoms. The number of carbonyl (C=O) groups excluding carboxylic acids is 1. The summed E-state index contributed by atoms with van der Waals surface area (Å²) in [5, 5.41) is 3.08. The van der Waals surface area contributed by atoms with Crippen LogP contribution in [0.3, 0.4) is 0 Å². The van der Waals surface area contributed by atoms with E-state index in [1.165, 1.54) is 0 Å². The molecule has 0 bridgehead atoms. The van der Waals surface area contributed by atoms with Crippen LogP contribution in [-0.4, -0.2) is 18.5 Å². The van der Waals surface area contributed by atoms with E-state index < -0.39 is 0 Å². The zero-order valence-corrected chi connectivity index (χ0v) is 14.1. The monoisotopic (exact) mass is 330 g/mol. The van der Waals surface area contributed by atoms with Crippen LogP contribution < -0.4 is 11.1 Å². The molecule has 1 amide bonds. The average molecular weight is 330 g/mol. The number of amides is 1. The number of nitrogens with two attached hydrogens (primary N) is 1. The summed E-state index contributed by atoms with van der Waals surface area (Å²) in [4.78, 5) is 12.8. The van der Waals surface area contributed by atoms with E-state index in [0.29, 0.717) is 12.1 Å². The topological polar surface area (TPSA) is 55.1 Å². The van der Waals surface area contributed by atoms with Crippen LogP contribution in [0.4, 0.5) is 0 Å². The highest BCUT2D eigenvalue weighted by Crippen LogP contribution is 2.23. The predicted octanol–water partition coefficient (Wildman–Crippen LogP) is 3.65. The molecule has 0 aromatic heterocycles. The van der Waals surface area contributed by atoms with Crippen molar-refractivity contribution in [3.63, 3.8) is 0 Å². The molecule has 0 aliphatic heterocycles. The molecule has 126 valence electrons. The first-order chi connectivity index (χ1) is 12.3. The molecule has 0 heterocycles. The maximum absolute atomic E-state index is 12.8. The van der Waals surface area contributed by atoms with Gasteiger partial charge >= 0.3 is 0 Å². The molecule has 0 radical (unpaired) electrons. The third-order valence-corrected chi connectivity index (χ3v) is 4.20. The summed E-state index contributed by atoms with van der Waals surface area (Å²) in [5.41, 5.74) is 9.67. The van der Waals surface area contributed by atoms with Crippen LogP contribution >= 0.6 is 0 Å². The molecule has 0 saturated carbocycles. The van der Waals surface area contributed by atoms with Crippen molar-refractivity contribution < 1.29 is 4.79 Å². The Hall–Kier alpha value is -2.91. The van der Waals surface area contributed by atoms with Gasteiger partial charge in [-0.1, -0.05) is 78.9 Å². The van der Waals surface area contributed by atoms with Crippen LogP contribution in [0.5, 0.6) is 0 Å². The lowest BCUT2D eigenvalue weighted by Gasteiger charge is -2.18. The Morgan fingerprint density at radius 2 is 1.44 bits per heavy atom. The second-order valence-corrected chi connectivity index (χ2v) is 6.01. The minimum absolute atomic E-state index is 0.0918. The Kier molecular flexibility index (Phi) is 5.60. The Labute approximate surface area is 148 Å². The lowest BCUT2D eigenvalue weighted by Crippen LogP contribution is -2.41. The molecular formula is C22H22N2O. The molecule has 3 N–H and O–H groups in total. The van der Waals surface area contributed by atoms with E-state index in [9.17, 15) is 4.79 Å². The van der Waals surface area contributed by atoms with E-state index in [-0.39, 0.29) is 11.9 Å². The van der Waals surface area contributed by atoms with Crippen molar-refractivity contribution in [1.82, 2.24) is 5.32 Å². The van der Waals surface area contributed by atoms with Gasteiger partial charge in [-0.2, -0.15) is 0 Å². The lowest BCUT2D eigenvalue weighted by atomic mass is 9.98. The van der Waals surface area contributed by atoms with Gasteiger partial charge in [0.2, 0.25) is 0 Å². The zero-order chi connectivity index (χ0) is 17.5. The normalized spacial score (nSPS) is 11.7. The summed E-state index contributed by atoms with van der Waals surface area (Å²) in [5.74, 6) is -0.0918. The van der Waals surface area contributed by atoms with Crippen molar-refractivity contribution in [3.05, 3.63) is 96.1 Å². The third kappa shape index (κ3) is 4.34. The molecule has 1 atom stereocenters. The van der Waals surface area contributed by atoms with Gasteiger partial charge in [0.15, 0.2) is 0 Å². The molecule has 0 aliphatic rings. The Bertz CT molecular complexity index is 816. The molecule has 25 heavy (non-hydrogen) atoms.